The average molecular weight is 593 g/mol. The molecule has 1 aromatic rings. The van der Waals surface area contributed by atoms with Crippen LogP contribution in [0.25, 0.3) is 0 Å². The van der Waals surface area contributed by atoms with E-state index in [0.29, 0.717) is 5.69 Å². The molecule has 0 fully saturated rings. The fourth-order valence-electron chi connectivity index (χ4n) is 2.17. The van der Waals surface area contributed by atoms with Gasteiger partial charge in [0.25, 0.3) is 0 Å². The van der Waals surface area contributed by atoms with Crippen LogP contribution >= 0.6 is 0 Å². The van der Waals surface area contributed by atoms with Gasteiger partial charge in [0.2, 0.25) is 0 Å². The van der Waals surface area contributed by atoms with Crippen LogP contribution in [-0.4, -0.2) is 134 Å². The molecule has 0 heterocycles. The summed E-state index contributed by atoms with van der Waals surface area (Å²) in [4.78, 5) is 21.3. The minimum absolute atomic E-state index is 0. The number of nitroso groups, excluding NO2 is 1. The molecule has 0 amide bonds. The van der Waals surface area contributed by atoms with E-state index in [2.05, 4.69) is 67.1 Å². The van der Waals surface area contributed by atoms with Gasteiger partial charge in [-0.2, -0.15) is 13.2 Å². The van der Waals surface area contributed by atoms with Crippen molar-refractivity contribution in [2.24, 2.45) is 5.18 Å². The quantitative estimate of drug-likeness (QED) is 0.165. The van der Waals surface area contributed by atoms with Crippen molar-refractivity contribution in [1.29, 1.82) is 0 Å². The number of benzene rings is 1. The van der Waals surface area contributed by atoms with E-state index in [1.807, 2.05) is 31.1 Å². The van der Waals surface area contributed by atoms with Crippen LogP contribution in [0.1, 0.15) is 0 Å². The third-order valence-electron chi connectivity index (χ3n) is 4.35. The van der Waals surface area contributed by atoms with Gasteiger partial charge in [0.05, 0.1) is 0 Å². The van der Waals surface area contributed by atoms with E-state index in [1.165, 1.54) is 0 Å². The van der Waals surface area contributed by atoms with E-state index in [9.17, 15) is 18.1 Å². The van der Waals surface area contributed by atoms with E-state index >= 15 is 0 Å². The number of hydrogen-bond donors (Lipinski definition) is 0. The Morgan fingerprint density at radius 1 is 0.750 bits per heavy atom. The molecule has 1 rings (SSSR count). The van der Waals surface area contributed by atoms with Crippen molar-refractivity contribution in [3.63, 3.8) is 0 Å². The number of likely N-dealkylation sites (N-methyl/N-ethyl adjacent to an activating group) is 3. The second-order valence-corrected chi connectivity index (χ2v) is 10.0. The summed E-state index contributed by atoms with van der Waals surface area (Å²) in [5, 5.41) is 2.80. The summed E-state index contributed by atoms with van der Waals surface area (Å²) in [5.41, 5.74) is -4.11. The van der Waals surface area contributed by atoms with Gasteiger partial charge in [0.1, 0.15) is 5.69 Å². The molecule has 36 heavy (non-hydrogen) atoms. The Hall–Kier alpha value is -1.32. The third kappa shape index (κ3) is 21.9. The molecular weight excluding hydrogens is 553 g/mol. The third-order valence-corrected chi connectivity index (χ3v) is 4.91. The van der Waals surface area contributed by atoms with Crippen molar-refractivity contribution in [1.82, 2.24) is 19.6 Å². The van der Waals surface area contributed by atoms with Gasteiger partial charge in [-0.05, 0) is 71.7 Å². The fourth-order valence-corrected chi connectivity index (χ4v) is 2.17. The molecule has 0 saturated carbocycles. The maximum atomic E-state index is 10.7. The van der Waals surface area contributed by atoms with Crippen LogP contribution in [-0.2, 0) is 27.2 Å². The van der Waals surface area contributed by atoms with Gasteiger partial charge in [-0.1, -0.05) is 0 Å². The van der Waals surface area contributed by atoms with Crippen LogP contribution in [0.3, 0.4) is 0 Å². The molecular formula is C21H40CuF3N6O4S. The van der Waals surface area contributed by atoms with Gasteiger partial charge < -0.3 is 24.2 Å². The largest absolute Gasteiger partial charge is 1.00 e. The second-order valence-electron chi connectivity index (χ2n) is 8.65. The van der Waals surface area contributed by atoms with Crippen molar-refractivity contribution in [2.75, 3.05) is 101 Å². The Morgan fingerprint density at radius 2 is 1.06 bits per heavy atom. The maximum absolute atomic E-state index is 10.7. The Kier molecular flexibility index (Phi) is 21.5. The number of rotatable bonds is 11. The molecule has 0 aliphatic heterocycles. The zero-order valence-corrected chi connectivity index (χ0v) is 24.0. The minimum Gasteiger partial charge on any atom is -0.741 e. The smallest absolute Gasteiger partial charge is 0.741 e. The zero-order chi connectivity index (χ0) is 27.8. The maximum Gasteiger partial charge on any atom is 1.00 e. The van der Waals surface area contributed by atoms with Crippen molar-refractivity contribution in [3.8, 4) is 0 Å². The Balaban J connectivity index is -0.000000475. The Labute approximate surface area is 224 Å². The first-order valence-electron chi connectivity index (χ1n) is 10.7. The fraction of sp³-hybridized carbons (Fsp3) is 0.714. The van der Waals surface area contributed by atoms with Crippen LogP contribution in [0.4, 0.5) is 24.5 Å². The van der Waals surface area contributed by atoms with E-state index < -0.39 is 15.6 Å². The van der Waals surface area contributed by atoms with Gasteiger partial charge in [0.15, 0.2) is 10.1 Å². The first kappa shape index (κ1) is 39.2. The molecule has 15 heteroatoms. The molecule has 0 saturated heterocycles. The molecule has 0 unspecified atom stereocenters. The number of anilines is 1. The summed E-state index contributed by atoms with van der Waals surface area (Å²) in [6.07, 6.45) is 0. The molecule has 0 atom stereocenters. The molecule has 0 radical (unpaired) electrons. The van der Waals surface area contributed by atoms with Gasteiger partial charge in [-0.15, -0.1) is 4.91 Å². The average Bonchev–Trinajstić information content (AvgIpc) is 2.72. The van der Waals surface area contributed by atoms with Crippen molar-refractivity contribution >= 4 is 21.5 Å². The number of hydrogen-bond acceptors (Lipinski definition) is 10. The minimum atomic E-state index is -6.09. The van der Waals surface area contributed by atoms with Crippen molar-refractivity contribution in [3.05, 3.63) is 29.2 Å². The molecule has 0 aliphatic rings. The predicted molar refractivity (Wildman–Crippen MR) is 134 cm³/mol. The number of alkyl halides is 3. The van der Waals surface area contributed by atoms with Gasteiger partial charge in [-0.25, -0.2) is 8.42 Å². The topological polar surface area (TPSA) is 103 Å². The molecule has 10 nitrogen and oxygen atoms in total. The molecule has 1 aromatic carbocycles. The predicted octanol–water partition coefficient (Wildman–Crippen LogP) is 2.17. The summed E-state index contributed by atoms with van der Waals surface area (Å²) in [6, 6.07) is 7.11. The van der Waals surface area contributed by atoms with Crippen LogP contribution in [0.15, 0.2) is 29.4 Å². The zero-order valence-electron chi connectivity index (χ0n) is 22.2. The summed E-state index contributed by atoms with van der Waals surface area (Å²) in [5.74, 6) is 0. The second kappa shape index (κ2) is 19.7. The molecule has 0 spiro atoms. The van der Waals surface area contributed by atoms with E-state index in [0.717, 1.165) is 45.0 Å². The van der Waals surface area contributed by atoms with Gasteiger partial charge >= 0.3 is 22.6 Å². The standard InChI is InChI=1S/C12H30N4.C8H10N2O.CHF3O3S.Cu/c1-13(2)7-10-16(11-8-14(3)4)12-9-15(5)6;1-10(2)8-5-3-7(9-11)4-6-8;2-1(3,4)8(5,6)7;/h7-12H2,1-6H3;3-6H,1-2H3;(H,5,6,7);/q;;;+1/p-1. The molecule has 216 valence electrons. The Bertz CT molecular complexity index is 767. The SMILES string of the molecule is CN(C)CCN(CCN(C)C)CCN(C)C.CN(C)c1ccc(N=O)cc1.O=S(=O)([O-])C(F)(F)F.[Cu+]. The normalized spacial score (nSPS) is 11.4. The van der Waals surface area contributed by atoms with Gasteiger partial charge in [-0.3, -0.25) is 4.90 Å². The van der Waals surface area contributed by atoms with Crippen LogP contribution in [0, 0.1) is 4.91 Å². The van der Waals surface area contributed by atoms with Crippen molar-refractivity contribution in [2.45, 2.75) is 5.51 Å². The summed E-state index contributed by atoms with van der Waals surface area (Å²) >= 11 is 0. The van der Waals surface area contributed by atoms with E-state index in [4.69, 9.17) is 13.0 Å². The van der Waals surface area contributed by atoms with Gasteiger partial charge in [0, 0.05) is 59.1 Å². The number of halogens is 3. The molecule has 0 bridgehead atoms. The van der Waals surface area contributed by atoms with E-state index in [1.54, 1.807) is 12.1 Å². The summed E-state index contributed by atoms with van der Waals surface area (Å²) in [6.45, 7) is 6.90. The van der Waals surface area contributed by atoms with Crippen LogP contribution in [0.2, 0.25) is 0 Å². The molecule has 0 aliphatic carbocycles. The molecule has 0 aromatic heterocycles. The monoisotopic (exact) mass is 592 g/mol. The van der Waals surface area contributed by atoms with Crippen molar-refractivity contribution < 1.29 is 43.2 Å². The number of nitrogens with zero attached hydrogens (tertiary/aromatic N) is 6. The first-order valence-corrected chi connectivity index (χ1v) is 12.1. The summed E-state index contributed by atoms with van der Waals surface area (Å²) in [7, 11) is 10.6. The van der Waals surface area contributed by atoms with Crippen LogP contribution < -0.4 is 4.90 Å². The van der Waals surface area contributed by atoms with E-state index in [-0.39, 0.29) is 17.1 Å². The van der Waals surface area contributed by atoms with Crippen LogP contribution in [0.5, 0.6) is 0 Å². The molecule has 0 N–H and O–H groups in total. The first-order chi connectivity index (χ1) is 15.9. The summed E-state index contributed by atoms with van der Waals surface area (Å²) < 4.78 is 58.9. The Morgan fingerprint density at radius 3 is 1.25 bits per heavy atom.